The number of rotatable bonds is 3. The molecule has 5 nitrogen and oxygen atoms in total. The highest BCUT2D eigenvalue weighted by atomic mass is 79.9. The molecular weight excluding hydrogens is 380 g/mol. The van der Waals surface area contributed by atoms with Crippen molar-refractivity contribution in [1.29, 1.82) is 0 Å². The first-order chi connectivity index (χ1) is 8.99. The molecule has 0 aliphatic heterocycles. The first-order valence-corrected chi connectivity index (χ1v) is 6.85. The average Bonchev–Trinajstić information content (AvgIpc) is 2.37. The van der Waals surface area contributed by atoms with Crippen LogP contribution in [0.4, 0.5) is 5.69 Å². The van der Waals surface area contributed by atoms with Crippen LogP contribution in [-0.4, -0.2) is 9.49 Å². The van der Waals surface area contributed by atoms with E-state index in [2.05, 4.69) is 31.9 Å². The summed E-state index contributed by atoms with van der Waals surface area (Å²) in [6, 6.07) is 7.91. The molecule has 0 aliphatic carbocycles. The van der Waals surface area contributed by atoms with Gasteiger partial charge < -0.3 is 4.57 Å². The van der Waals surface area contributed by atoms with Crippen LogP contribution in [0, 0.1) is 10.1 Å². The van der Waals surface area contributed by atoms with E-state index in [1.54, 1.807) is 24.4 Å². The van der Waals surface area contributed by atoms with Gasteiger partial charge in [0.2, 0.25) is 0 Å². The molecular formula is C12H8Br2N2O3. The minimum atomic E-state index is -0.459. The van der Waals surface area contributed by atoms with Crippen LogP contribution in [0.15, 0.2) is 50.3 Å². The molecule has 0 aliphatic rings. The maximum atomic E-state index is 11.9. The molecule has 0 spiro atoms. The second-order valence-corrected chi connectivity index (χ2v) is 5.53. The van der Waals surface area contributed by atoms with E-state index < -0.39 is 4.92 Å². The summed E-state index contributed by atoms with van der Waals surface area (Å²) in [6.07, 6.45) is 1.67. The summed E-state index contributed by atoms with van der Waals surface area (Å²) in [7, 11) is 0. The van der Waals surface area contributed by atoms with Gasteiger partial charge in [0.25, 0.3) is 11.2 Å². The number of non-ortho nitro benzene ring substituents is 1. The molecule has 2 aromatic rings. The zero-order valence-electron chi connectivity index (χ0n) is 9.55. The van der Waals surface area contributed by atoms with Crippen molar-refractivity contribution < 1.29 is 4.92 Å². The molecule has 2 rings (SSSR count). The normalized spacial score (nSPS) is 10.4. The Labute approximate surface area is 125 Å². The van der Waals surface area contributed by atoms with Gasteiger partial charge in [-0.15, -0.1) is 0 Å². The van der Waals surface area contributed by atoms with E-state index in [1.807, 2.05) is 0 Å². The van der Waals surface area contributed by atoms with Crippen LogP contribution >= 0.6 is 31.9 Å². The standard InChI is InChI=1S/C12H8Br2N2O3/c13-10-2-1-5-15(12(10)17)7-8-3-4-9(16(18)19)6-11(8)14/h1-6H,7H2. The summed E-state index contributed by atoms with van der Waals surface area (Å²) in [6.45, 7) is 0.344. The van der Waals surface area contributed by atoms with Crippen molar-refractivity contribution >= 4 is 37.5 Å². The Morgan fingerprint density at radius 2 is 1.95 bits per heavy atom. The van der Waals surface area contributed by atoms with E-state index in [0.717, 1.165) is 5.56 Å². The average molecular weight is 388 g/mol. The minimum Gasteiger partial charge on any atom is -0.310 e. The smallest absolute Gasteiger partial charge is 0.270 e. The van der Waals surface area contributed by atoms with Crippen molar-refractivity contribution in [3.8, 4) is 0 Å². The molecule has 0 fully saturated rings. The topological polar surface area (TPSA) is 65.1 Å². The Morgan fingerprint density at radius 1 is 1.21 bits per heavy atom. The Balaban J connectivity index is 2.36. The molecule has 19 heavy (non-hydrogen) atoms. The van der Waals surface area contributed by atoms with Crippen LogP contribution in [0.1, 0.15) is 5.56 Å². The largest absolute Gasteiger partial charge is 0.310 e. The number of nitrogens with zero attached hydrogens (tertiary/aromatic N) is 2. The Hall–Kier alpha value is -1.47. The number of hydrogen-bond acceptors (Lipinski definition) is 3. The molecule has 0 saturated heterocycles. The molecule has 98 valence electrons. The monoisotopic (exact) mass is 386 g/mol. The number of benzene rings is 1. The van der Waals surface area contributed by atoms with E-state index in [4.69, 9.17) is 0 Å². The third-order valence-electron chi connectivity index (χ3n) is 2.56. The van der Waals surface area contributed by atoms with Gasteiger partial charge in [-0.05, 0) is 39.7 Å². The number of nitro benzene ring substituents is 1. The molecule has 1 aromatic carbocycles. The lowest BCUT2D eigenvalue weighted by atomic mass is 10.2. The minimum absolute atomic E-state index is 0.0113. The van der Waals surface area contributed by atoms with Gasteiger partial charge in [0.15, 0.2) is 0 Å². The summed E-state index contributed by atoms with van der Waals surface area (Å²) >= 11 is 6.46. The lowest BCUT2D eigenvalue weighted by Gasteiger charge is -2.08. The molecule has 7 heteroatoms. The molecule has 1 aromatic heterocycles. The first kappa shape index (κ1) is 14.0. The summed E-state index contributed by atoms with van der Waals surface area (Å²) in [5, 5.41) is 10.6. The zero-order valence-corrected chi connectivity index (χ0v) is 12.7. The SMILES string of the molecule is O=c1c(Br)cccn1Cc1ccc([N+](=O)[O-])cc1Br. The third kappa shape index (κ3) is 3.10. The van der Waals surface area contributed by atoms with Crippen LogP contribution in [-0.2, 0) is 6.54 Å². The Kier molecular flexibility index (Phi) is 4.16. The van der Waals surface area contributed by atoms with Crippen molar-refractivity contribution in [3.05, 3.63) is 71.5 Å². The Bertz CT molecular complexity index is 698. The van der Waals surface area contributed by atoms with Gasteiger partial charge in [-0.3, -0.25) is 14.9 Å². The second-order valence-electron chi connectivity index (χ2n) is 3.82. The van der Waals surface area contributed by atoms with Crippen LogP contribution in [0.2, 0.25) is 0 Å². The lowest BCUT2D eigenvalue weighted by molar-refractivity contribution is -0.384. The van der Waals surface area contributed by atoms with Gasteiger partial charge >= 0.3 is 0 Å². The quantitative estimate of drug-likeness (QED) is 0.599. The number of hydrogen-bond donors (Lipinski definition) is 0. The van der Waals surface area contributed by atoms with Gasteiger partial charge in [0, 0.05) is 22.8 Å². The van der Waals surface area contributed by atoms with Crippen LogP contribution < -0.4 is 5.56 Å². The van der Waals surface area contributed by atoms with Gasteiger partial charge in [0.1, 0.15) is 0 Å². The molecule has 0 bridgehead atoms. The van der Waals surface area contributed by atoms with Crippen molar-refractivity contribution in [3.63, 3.8) is 0 Å². The fourth-order valence-corrected chi connectivity index (χ4v) is 2.47. The van der Waals surface area contributed by atoms with E-state index >= 15 is 0 Å². The van der Waals surface area contributed by atoms with Gasteiger partial charge in [-0.1, -0.05) is 15.9 Å². The van der Waals surface area contributed by atoms with Crippen molar-refractivity contribution in [2.75, 3.05) is 0 Å². The summed E-state index contributed by atoms with van der Waals surface area (Å²) in [5.41, 5.74) is 0.663. The number of halogens is 2. The molecule has 0 unspecified atom stereocenters. The highest BCUT2D eigenvalue weighted by Crippen LogP contribution is 2.23. The van der Waals surface area contributed by atoms with E-state index in [1.165, 1.54) is 16.7 Å². The summed E-state index contributed by atoms with van der Waals surface area (Å²) in [4.78, 5) is 22.0. The fourth-order valence-electron chi connectivity index (χ4n) is 1.59. The molecule has 0 atom stereocenters. The van der Waals surface area contributed by atoms with E-state index in [9.17, 15) is 14.9 Å². The van der Waals surface area contributed by atoms with Crippen LogP contribution in [0.25, 0.3) is 0 Å². The van der Waals surface area contributed by atoms with Crippen molar-refractivity contribution in [2.24, 2.45) is 0 Å². The predicted octanol–water partition coefficient (Wildman–Crippen LogP) is 3.33. The zero-order chi connectivity index (χ0) is 14.0. The Morgan fingerprint density at radius 3 is 2.58 bits per heavy atom. The maximum Gasteiger partial charge on any atom is 0.270 e. The van der Waals surface area contributed by atoms with Gasteiger partial charge in [-0.2, -0.15) is 0 Å². The number of aromatic nitrogens is 1. The van der Waals surface area contributed by atoms with Crippen LogP contribution in [0.3, 0.4) is 0 Å². The van der Waals surface area contributed by atoms with E-state index in [0.29, 0.717) is 15.5 Å². The first-order valence-electron chi connectivity index (χ1n) is 5.27. The van der Waals surface area contributed by atoms with E-state index in [-0.39, 0.29) is 11.2 Å². The summed E-state index contributed by atoms with van der Waals surface area (Å²) in [5.74, 6) is 0. The molecule has 0 amide bonds. The third-order valence-corrected chi connectivity index (χ3v) is 3.90. The molecule has 0 N–H and O–H groups in total. The maximum absolute atomic E-state index is 11.9. The number of nitro groups is 1. The molecule has 0 saturated carbocycles. The van der Waals surface area contributed by atoms with Crippen molar-refractivity contribution in [1.82, 2.24) is 4.57 Å². The predicted molar refractivity (Wildman–Crippen MR) is 78.3 cm³/mol. The summed E-state index contributed by atoms with van der Waals surface area (Å²) < 4.78 is 2.61. The highest BCUT2D eigenvalue weighted by molar-refractivity contribution is 9.10. The fraction of sp³-hybridized carbons (Fsp3) is 0.0833. The molecule has 1 heterocycles. The highest BCUT2D eigenvalue weighted by Gasteiger charge is 2.10. The second kappa shape index (κ2) is 5.66. The van der Waals surface area contributed by atoms with Crippen LogP contribution in [0.5, 0.6) is 0 Å². The lowest BCUT2D eigenvalue weighted by Crippen LogP contribution is -2.20. The van der Waals surface area contributed by atoms with Crippen molar-refractivity contribution in [2.45, 2.75) is 6.54 Å². The molecule has 0 radical (unpaired) electrons. The number of pyridine rings is 1. The van der Waals surface area contributed by atoms with Gasteiger partial charge in [0.05, 0.1) is 15.9 Å². The van der Waals surface area contributed by atoms with Gasteiger partial charge in [-0.25, -0.2) is 0 Å².